The second-order valence-corrected chi connectivity index (χ2v) is 8.26. The van der Waals surface area contributed by atoms with Gasteiger partial charge >= 0.3 is 0 Å². The Bertz CT molecular complexity index is 1090. The van der Waals surface area contributed by atoms with Crippen LogP contribution in [0.4, 0.5) is 5.13 Å². The van der Waals surface area contributed by atoms with Crippen LogP contribution in [-0.2, 0) is 11.2 Å². The molecule has 0 saturated heterocycles. The van der Waals surface area contributed by atoms with Gasteiger partial charge in [-0.15, -0.1) is 11.3 Å². The second kappa shape index (κ2) is 9.09. The number of thiazole rings is 1. The van der Waals surface area contributed by atoms with Gasteiger partial charge in [0.15, 0.2) is 5.13 Å². The summed E-state index contributed by atoms with van der Waals surface area (Å²) in [5, 5.41) is 3.24. The zero-order chi connectivity index (χ0) is 21.8. The van der Waals surface area contributed by atoms with E-state index in [-0.39, 0.29) is 37.3 Å². The first kappa shape index (κ1) is 20.7. The minimum Gasteiger partial charge on any atom is -0.493 e. The summed E-state index contributed by atoms with van der Waals surface area (Å²) in [6.45, 7) is 2.54. The third-order valence-electron chi connectivity index (χ3n) is 4.88. The second-order valence-electron chi connectivity index (χ2n) is 7.15. The van der Waals surface area contributed by atoms with Crippen molar-refractivity contribution in [1.29, 1.82) is 0 Å². The van der Waals surface area contributed by atoms with Crippen molar-refractivity contribution in [2.75, 3.05) is 18.5 Å². The van der Waals surface area contributed by atoms with Crippen LogP contribution in [0.2, 0.25) is 0 Å². The molecule has 1 N–H and O–H groups in total. The van der Waals surface area contributed by atoms with Gasteiger partial charge in [-0.1, -0.05) is 29.8 Å². The fraction of sp³-hybridized carbons (Fsp3) is 0.217. The molecule has 0 atom stereocenters. The van der Waals surface area contributed by atoms with Crippen LogP contribution in [0.25, 0.3) is 0 Å². The number of rotatable bonds is 8. The van der Waals surface area contributed by atoms with Crippen LogP contribution in [0.5, 0.6) is 5.75 Å². The molecule has 8 heteroatoms. The number of nitrogens with one attached hydrogen (secondary N) is 1. The molecule has 158 valence electrons. The Kier molecular flexibility index (Phi) is 6.08. The number of imide groups is 1. The smallest absolute Gasteiger partial charge is 0.261 e. The highest BCUT2D eigenvalue weighted by Gasteiger charge is 2.34. The van der Waals surface area contributed by atoms with Crippen molar-refractivity contribution in [2.45, 2.75) is 19.8 Å². The number of ether oxygens (including phenoxy) is 1. The quantitative estimate of drug-likeness (QED) is 0.545. The van der Waals surface area contributed by atoms with Crippen LogP contribution in [0.3, 0.4) is 0 Å². The van der Waals surface area contributed by atoms with Gasteiger partial charge in [0.2, 0.25) is 5.91 Å². The number of fused-ring (bicyclic) bond motifs is 1. The summed E-state index contributed by atoms with van der Waals surface area (Å²) in [5.74, 6) is -0.00381. The summed E-state index contributed by atoms with van der Waals surface area (Å²) in [6.07, 6.45) is 2.34. The van der Waals surface area contributed by atoms with Crippen molar-refractivity contribution < 1.29 is 19.1 Å². The van der Waals surface area contributed by atoms with Gasteiger partial charge in [0, 0.05) is 24.0 Å². The largest absolute Gasteiger partial charge is 0.493 e. The highest BCUT2D eigenvalue weighted by molar-refractivity contribution is 7.15. The summed E-state index contributed by atoms with van der Waals surface area (Å²) in [5.41, 5.74) is 2.03. The Morgan fingerprint density at radius 2 is 1.74 bits per heavy atom. The molecule has 0 radical (unpaired) electrons. The maximum absolute atomic E-state index is 12.4. The number of benzene rings is 2. The molecular formula is C23H21N3O4S. The van der Waals surface area contributed by atoms with E-state index in [2.05, 4.69) is 10.3 Å². The van der Waals surface area contributed by atoms with Crippen LogP contribution >= 0.6 is 11.3 Å². The van der Waals surface area contributed by atoms with Crippen molar-refractivity contribution in [3.63, 3.8) is 0 Å². The summed E-state index contributed by atoms with van der Waals surface area (Å²) >= 11 is 1.33. The van der Waals surface area contributed by atoms with Crippen LogP contribution in [0.15, 0.2) is 54.7 Å². The number of hydrogen-bond donors (Lipinski definition) is 1. The van der Waals surface area contributed by atoms with Gasteiger partial charge in [0.1, 0.15) is 5.75 Å². The van der Waals surface area contributed by atoms with Crippen molar-refractivity contribution in [1.82, 2.24) is 9.88 Å². The van der Waals surface area contributed by atoms with E-state index >= 15 is 0 Å². The SMILES string of the molecule is Cc1ccc(OCCC(=O)Nc2ncc(CCN3C(=O)c4ccccc4C3=O)s2)cc1. The molecule has 0 saturated carbocycles. The number of nitrogens with zero attached hydrogens (tertiary/aromatic N) is 2. The first-order valence-electron chi connectivity index (χ1n) is 9.90. The minimum atomic E-state index is -0.271. The van der Waals surface area contributed by atoms with Crippen LogP contribution in [0, 0.1) is 6.92 Å². The van der Waals surface area contributed by atoms with Crippen LogP contribution in [0.1, 0.15) is 37.6 Å². The summed E-state index contributed by atoms with van der Waals surface area (Å²) in [6, 6.07) is 14.5. The molecule has 0 bridgehead atoms. The van der Waals surface area contributed by atoms with Crippen molar-refractivity contribution in [2.24, 2.45) is 0 Å². The number of carbonyl (C=O) groups excluding carboxylic acids is 3. The van der Waals surface area contributed by atoms with E-state index in [0.29, 0.717) is 22.7 Å². The van der Waals surface area contributed by atoms with Crippen molar-refractivity contribution in [3.8, 4) is 5.75 Å². The van der Waals surface area contributed by atoms with Crippen LogP contribution in [-0.4, -0.2) is 40.8 Å². The summed E-state index contributed by atoms with van der Waals surface area (Å²) in [4.78, 5) is 43.3. The standard InChI is InChI=1S/C23H21N3O4S/c1-15-6-8-16(9-7-15)30-13-11-20(27)25-23-24-14-17(31-23)10-12-26-21(28)18-4-2-3-5-19(18)22(26)29/h2-9,14H,10-13H2,1H3,(H,24,25,27). The van der Waals surface area contributed by atoms with E-state index in [9.17, 15) is 14.4 Å². The molecule has 1 aromatic heterocycles. The minimum absolute atomic E-state index is 0.187. The van der Waals surface area contributed by atoms with Crippen LogP contribution < -0.4 is 10.1 Å². The van der Waals surface area contributed by atoms with E-state index in [1.807, 2.05) is 31.2 Å². The maximum atomic E-state index is 12.4. The molecule has 0 spiro atoms. The number of carbonyl (C=O) groups is 3. The van der Waals surface area contributed by atoms with Gasteiger partial charge in [-0.3, -0.25) is 19.3 Å². The number of aryl methyl sites for hydroxylation is 1. The Morgan fingerprint density at radius 1 is 1.06 bits per heavy atom. The molecule has 2 heterocycles. The Hall–Kier alpha value is -3.52. The average molecular weight is 436 g/mol. The molecule has 1 aliphatic heterocycles. The third-order valence-corrected chi connectivity index (χ3v) is 5.85. The van der Waals surface area contributed by atoms with E-state index in [1.54, 1.807) is 30.5 Å². The zero-order valence-corrected chi connectivity index (χ0v) is 17.8. The third kappa shape index (κ3) is 4.80. The fourth-order valence-corrected chi connectivity index (χ4v) is 4.04. The van der Waals surface area contributed by atoms with E-state index in [0.717, 1.165) is 16.2 Å². The lowest BCUT2D eigenvalue weighted by Gasteiger charge is -2.12. The van der Waals surface area contributed by atoms with E-state index < -0.39 is 0 Å². The molecule has 7 nitrogen and oxygen atoms in total. The fourth-order valence-electron chi connectivity index (χ4n) is 3.22. The van der Waals surface area contributed by atoms with Gasteiger partial charge < -0.3 is 10.1 Å². The number of hydrogen-bond acceptors (Lipinski definition) is 6. The highest BCUT2D eigenvalue weighted by Crippen LogP contribution is 2.24. The van der Waals surface area contributed by atoms with Crippen molar-refractivity contribution in [3.05, 3.63) is 76.3 Å². The first-order valence-corrected chi connectivity index (χ1v) is 10.7. The molecule has 0 unspecified atom stereocenters. The number of amides is 3. The topological polar surface area (TPSA) is 88.6 Å². The molecular weight excluding hydrogens is 414 g/mol. The molecule has 3 aromatic rings. The Labute approximate surface area is 183 Å². The maximum Gasteiger partial charge on any atom is 0.261 e. The lowest BCUT2D eigenvalue weighted by molar-refractivity contribution is -0.116. The monoisotopic (exact) mass is 435 g/mol. The molecule has 3 amide bonds. The zero-order valence-electron chi connectivity index (χ0n) is 17.0. The summed E-state index contributed by atoms with van der Waals surface area (Å²) in [7, 11) is 0. The van der Waals surface area contributed by atoms with Gasteiger partial charge in [-0.05, 0) is 31.2 Å². The lowest BCUT2D eigenvalue weighted by atomic mass is 10.1. The average Bonchev–Trinajstić information content (AvgIpc) is 3.31. The first-order chi connectivity index (χ1) is 15.0. The van der Waals surface area contributed by atoms with Gasteiger partial charge in [-0.25, -0.2) is 4.98 Å². The molecule has 2 aromatic carbocycles. The number of aromatic nitrogens is 1. The highest BCUT2D eigenvalue weighted by atomic mass is 32.1. The Morgan fingerprint density at radius 3 is 2.42 bits per heavy atom. The molecule has 1 aliphatic rings. The molecule has 0 aliphatic carbocycles. The predicted molar refractivity (Wildman–Crippen MR) is 118 cm³/mol. The van der Waals surface area contributed by atoms with E-state index in [1.165, 1.54) is 16.2 Å². The Balaban J connectivity index is 1.24. The molecule has 0 fully saturated rings. The van der Waals surface area contributed by atoms with E-state index in [4.69, 9.17) is 4.74 Å². The van der Waals surface area contributed by atoms with Gasteiger partial charge in [-0.2, -0.15) is 0 Å². The van der Waals surface area contributed by atoms with Gasteiger partial charge in [0.25, 0.3) is 11.8 Å². The van der Waals surface area contributed by atoms with Crippen molar-refractivity contribution >= 4 is 34.2 Å². The molecule has 31 heavy (non-hydrogen) atoms. The molecule has 4 rings (SSSR count). The summed E-state index contributed by atoms with van der Waals surface area (Å²) < 4.78 is 5.57. The van der Waals surface area contributed by atoms with Gasteiger partial charge in [0.05, 0.1) is 24.2 Å². The number of anilines is 1. The predicted octanol–water partition coefficient (Wildman–Crippen LogP) is 3.70. The lowest BCUT2D eigenvalue weighted by Crippen LogP contribution is -2.31. The normalized spacial score (nSPS) is 12.7.